The first-order chi connectivity index (χ1) is 14.7. The van der Waals surface area contributed by atoms with Gasteiger partial charge in [-0.3, -0.25) is 0 Å². The Hall–Kier alpha value is -0.650. The standard InChI is InChI=1S/C26H46N2O3/c1-24-12-10-21(29)17-19(24)7-8-23-22(24)11-13-25(2)20(9-14-26(23,25)30)18-27-31-16-6-5-15-28(3)4/h18-23,29-30H,5-17H2,1-4H3/b27-18+/t19-,20-,21+,22+,23-,24+,25-,26+/m1/s1. The number of hydrogen-bond donors (Lipinski definition) is 2. The van der Waals surface area contributed by atoms with Crippen LogP contribution in [0.2, 0.25) is 0 Å². The molecule has 0 aromatic heterocycles. The lowest BCUT2D eigenvalue weighted by Crippen LogP contribution is -2.62. The number of aliphatic hydroxyl groups is 2. The van der Waals surface area contributed by atoms with Gasteiger partial charge in [-0.2, -0.15) is 0 Å². The minimum Gasteiger partial charge on any atom is -0.396 e. The van der Waals surface area contributed by atoms with Gasteiger partial charge in [0, 0.05) is 17.5 Å². The molecule has 0 aromatic rings. The van der Waals surface area contributed by atoms with Crippen LogP contribution < -0.4 is 0 Å². The summed E-state index contributed by atoms with van der Waals surface area (Å²) in [4.78, 5) is 7.78. The zero-order valence-corrected chi connectivity index (χ0v) is 20.4. The van der Waals surface area contributed by atoms with Crippen molar-refractivity contribution in [1.29, 1.82) is 0 Å². The van der Waals surface area contributed by atoms with Crippen molar-refractivity contribution in [3.8, 4) is 0 Å². The number of aliphatic hydroxyl groups excluding tert-OH is 1. The van der Waals surface area contributed by atoms with Gasteiger partial charge < -0.3 is 20.0 Å². The zero-order chi connectivity index (χ0) is 22.3. The lowest BCUT2D eigenvalue weighted by Gasteiger charge is -2.63. The Bertz CT molecular complexity index is 655. The van der Waals surface area contributed by atoms with Gasteiger partial charge >= 0.3 is 0 Å². The van der Waals surface area contributed by atoms with E-state index < -0.39 is 5.60 Å². The molecular formula is C26H46N2O3. The fraction of sp³-hybridized carbons (Fsp3) is 0.962. The SMILES string of the molecule is CN(C)CCCCO/N=C/[C@H]1CC[C@]2(O)[C@@H]3CC[C@@H]4C[C@@H](O)CC[C@]4(C)[C@H]3CC[C@]12C. The van der Waals surface area contributed by atoms with Gasteiger partial charge in [-0.05, 0) is 114 Å². The van der Waals surface area contributed by atoms with E-state index in [1.807, 2.05) is 6.21 Å². The molecule has 0 spiro atoms. The first-order valence-electron chi connectivity index (χ1n) is 12.9. The summed E-state index contributed by atoms with van der Waals surface area (Å²) in [5.41, 5.74) is -0.382. The van der Waals surface area contributed by atoms with Crippen LogP contribution in [0.5, 0.6) is 0 Å². The van der Waals surface area contributed by atoms with E-state index in [4.69, 9.17) is 4.84 Å². The third-order valence-electron chi connectivity index (χ3n) is 10.3. The van der Waals surface area contributed by atoms with Crippen molar-refractivity contribution in [1.82, 2.24) is 4.90 Å². The molecule has 5 heteroatoms. The average Bonchev–Trinajstić information content (AvgIpc) is 2.99. The number of hydrogen-bond acceptors (Lipinski definition) is 5. The molecule has 5 nitrogen and oxygen atoms in total. The molecule has 178 valence electrons. The second kappa shape index (κ2) is 8.95. The van der Waals surface area contributed by atoms with E-state index in [1.54, 1.807) is 0 Å². The van der Waals surface area contributed by atoms with Crippen molar-refractivity contribution in [3.63, 3.8) is 0 Å². The van der Waals surface area contributed by atoms with Crippen LogP contribution in [0.15, 0.2) is 5.16 Å². The molecule has 0 radical (unpaired) electrons. The molecule has 0 heterocycles. The summed E-state index contributed by atoms with van der Waals surface area (Å²) in [6, 6.07) is 0. The van der Waals surface area contributed by atoms with Gasteiger partial charge in [0.05, 0.1) is 11.7 Å². The third-order valence-corrected chi connectivity index (χ3v) is 10.3. The highest BCUT2D eigenvalue weighted by Gasteiger charge is 2.66. The van der Waals surface area contributed by atoms with Gasteiger partial charge in [0.25, 0.3) is 0 Å². The minimum atomic E-state index is -0.581. The summed E-state index contributed by atoms with van der Waals surface area (Å²) >= 11 is 0. The number of oxime groups is 1. The largest absolute Gasteiger partial charge is 0.396 e. The van der Waals surface area contributed by atoms with Gasteiger partial charge in [0.1, 0.15) is 6.61 Å². The quantitative estimate of drug-likeness (QED) is 0.353. The third kappa shape index (κ3) is 4.08. The summed E-state index contributed by atoms with van der Waals surface area (Å²) in [6.07, 6.45) is 13.6. The van der Waals surface area contributed by atoms with Gasteiger partial charge in [-0.15, -0.1) is 0 Å². The maximum absolute atomic E-state index is 12.2. The minimum absolute atomic E-state index is 0.0939. The Kier molecular flexibility index (Phi) is 6.78. The number of rotatable bonds is 7. The highest BCUT2D eigenvalue weighted by Crippen LogP contribution is 2.68. The highest BCUT2D eigenvalue weighted by molar-refractivity contribution is 5.63. The Labute approximate surface area is 189 Å². The summed E-state index contributed by atoms with van der Waals surface area (Å²) in [5, 5.41) is 26.7. The smallest absolute Gasteiger partial charge is 0.117 e. The predicted octanol–water partition coefficient (Wildman–Crippen LogP) is 4.47. The van der Waals surface area contributed by atoms with Crippen LogP contribution in [-0.2, 0) is 4.84 Å². The Morgan fingerprint density at radius 1 is 1.00 bits per heavy atom. The van der Waals surface area contributed by atoms with E-state index in [1.165, 1.54) is 12.8 Å². The number of nitrogens with zero attached hydrogens (tertiary/aromatic N) is 2. The Morgan fingerprint density at radius 2 is 1.81 bits per heavy atom. The van der Waals surface area contributed by atoms with E-state index in [2.05, 4.69) is 38.0 Å². The average molecular weight is 435 g/mol. The van der Waals surface area contributed by atoms with Gasteiger partial charge in [-0.1, -0.05) is 19.0 Å². The van der Waals surface area contributed by atoms with Crippen LogP contribution >= 0.6 is 0 Å². The molecule has 4 saturated carbocycles. The molecule has 0 amide bonds. The molecule has 0 aliphatic heterocycles. The lowest BCUT2D eigenvalue weighted by molar-refractivity contribution is -0.206. The van der Waals surface area contributed by atoms with E-state index in [0.717, 1.165) is 64.3 Å². The summed E-state index contributed by atoms with van der Waals surface area (Å²) in [7, 11) is 4.19. The summed E-state index contributed by atoms with van der Waals surface area (Å²) in [5.74, 6) is 1.93. The molecule has 4 fully saturated rings. The second-order valence-corrected chi connectivity index (χ2v) is 12.0. The second-order valence-electron chi connectivity index (χ2n) is 12.0. The van der Waals surface area contributed by atoms with Crippen LogP contribution in [0.1, 0.15) is 84.5 Å². The molecule has 0 saturated heterocycles. The zero-order valence-electron chi connectivity index (χ0n) is 20.4. The molecule has 4 aliphatic rings. The molecule has 0 unspecified atom stereocenters. The predicted molar refractivity (Wildman–Crippen MR) is 125 cm³/mol. The van der Waals surface area contributed by atoms with Crippen molar-refractivity contribution in [3.05, 3.63) is 0 Å². The Morgan fingerprint density at radius 3 is 2.58 bits per heavy atom. The molecule has 4 rings (SSSR count). The van der Waals surface area contributed by atoms with Gasteiger partial charge in [0.15, 0.2) is 0 Å². The highest BCUT2D eigenvalue weighted by atomic mass is 16.6. The van der Waals surface area contributed by atoms with E-state index in [0.29, 0.717) is 35.7 Å². The summed E-state index contributed by atoms with van der Waals surface area (Å²) < 4.78 is 0. The molecule has 4 aliphatic carbocycles. The van der Waals surface area contributed by atoms with Crippen molar-refractivity contribution < 1.29 is 15.1 Å². The molecule has 2 N–H and O–H groups in total. The maximum Gasteiger partial charge on any atom is 0.117 e. The number of fused-ring (bicyclic) bond motifs is 5. The van der Waals surface area contributed by atoms with E-state index >= 15 is 0 Å². The topological polar surface area (TPSA) is 65.3 Å². The van der Waals surface area contributed by atoms with Gasteiger partial charge in [0.2, 0.25) is 0 Å². The van der Waals surface area contributed by atoms with Crippen LogP contribution in [0.25, 0.3) is 0 Å². The molecule has 31 heavy (non-hydrogen) atoms. The van der Waals surface area contributed by atoms with E-state index in [9.17, 15) is 10.2 Å². The van der Waals surface area contributed by atoms with E-state index in [-0.39, 0.29) is 11.5 Å². The van der Waals surface area contributed by atoms with Crippen molar-refractivity contribution >= 4 is 6.21 Å². The number of unbranched alkanes of at least 4 members (excludes halogenated alkanes) is 1. The van der Waals surface area contributed by atoms with Crippen LogP contribution in [0, 0.1) is 34.5 Å². The first kappa shape index (κ1) is 23.5. The molecule has 0 bridgehead atoms. The van der Waals surface area contributed by atoms with Crippen molar-refractivity contribution in [2.24, 2.45) is 39.7 Å². The van der Waals surface area contributed by atoms with Crippen molar-refractivity contribution in [2.75, 3.05) is 27.2 Å². The first-order valence-corrected chi connectivity index (χ1v) is 12.9. The van der Waals surface area contributed by atoms with Crippen LogP contribution in [0.4, 0.5) is 0 Å². The van der Waals surface area contributed by atoms with Crippen LogP contribution in [-0.4, -0.2) is 60.3 Å². The normalized spacial score (nSPS) is 47.3. The molecule has 8 atom stereocenters. The Balaban J connectivity index is 1.40. The summed E-state index contributed by atoms with van der Waals surface area (Å²) in [6.45, 7) is 6.56. The van der Waals surface area contributed by atoms with Gasteiger partial charge in [-0.25, -0.2) is 0 Å². The maximum atomic E-state index is 12.2. The lowest BCUT2D eigenvalue weighted by atomic mass is 9.43. The van der Waals surface area contributed by atoms with Crippen molar-refractivity contribution in [2.45, 2.75) is 96.2 Å². The van der Waals surface area contributed by atoms with Crippen LogP contribution in [0.3, 0.4) is 0 Å². The fourth-order valence-corrected chi connectivity index (χ4v) is 8.25. The fourth-order valence-electron chi connectivity index (χ4n) is 8.25. The molecule has 0 aromatic carbocycles. The molecular weight excluding hydrogens is 388 g/mol. The monoisotopic (exact) mass is 434 g/mol.